The van der Waals surface area contributed by atoms with Crippen molar-refractivity contribution in [1.82, 2.24) is 5.32 Å². The third-order valence-electron chi connectivity index (χ3n) is 3.77. The van der Waals surface area contributed by atoms with Crippen LogP contribution in [0.25, 0.3) is 0 Å². The highest BCUT2D eigenvalue weighted by Gasteiger charge is 2.17. The predicted octanol–water partition coefficient (Wildman–Crippen LogP) is 2.68. The smallest absolute Gasteiger partial charge is 0.0249 e. The zero-order chi connectivity index (χ0) is 12.8. The van der Waals surface area contributed by atoms with Crippen molar-refractivity contribution in [3.8, 4) is 0 Å². The molecule has 1 unspecified atom stereocenters. The Hall–Kier alpha value is -0.670. The molecule has 1 aromatic rings. The summed E-state index contributed by atoms with van der Waals surface area (Å²) in [4.78, 5) is 0. The molecule has 0 radical (unpaired) electrons. The Bertz CT molecular complexity index is 369. The van der Waals surface area contributed by atoms with E-state index in [9.17, 15) is 4.21 Å². The van der Waals surface area contributed by atoms with Crippen LogP contribution in [0.1, 0.15) is 37.7 Å². The number of hydrogen-bond donors (Lipinski definition) is 1. The predicted molar refractivity (Wildman–Crippen MR) is 78.4 cm³/mol. The van der Waals surface area contributed by atoms with Gasteiger partial charge in [0.1, 0.15) is 0 Å². The first-order chi connectivity index (χ1) is 8.75. The van der Waals surface area contributed by atoms with Crippen molar-refractivity contribution in [2.45, 2.75) is 38.1 Å². The minimum Gasteiger partial charge on any atom is -0.314 e. The fourth-order valence-corrected chi connectivity index (χ4v) is 3.75. The standard InChI is InChI=1S/C15H23NOS/c1-13(14-5-3-2-4-6-14)7-10-16-15-8-11-18(17)12-9-15/h2-6,13,15-16H,7-12H2,1H3. The fourth-order valence-electron chi connectivity index (χ4n) is 2.45. The molecule has 2 rings (SSSR count). The molecule has 18 heavy (non-hydrogen) atoms. The maximum atomic E-state index is 11.3. The fraction of sp³-hybridized carbons (Fsp3) is 0.600. The van der Waals surface area contributed by atoms with Crippen LogP contribution in [0.5, 0.6) is 0 Å². The van der Waals surface area contributed by atoms with Gasteiger partial charge in [-0.1, -0.05) is 37.3 Å². The summed E-state index contributed by atoms with van der Waals surface area (Å²) in [6, 6.07) is 11.3. The van der Waals surface area contributed by atoms with Crippen molar-refractivity contribution in [1.29, 1.82) is 0 Å². The van der Waals surface area contributed by atoms with Crippen molar-refractivity contribution in [3.63, 3.8) is 0 Å². The highest BCUT2D eigenvalue weighted by atomic mass is 32.2. The van der Waals surface area contributed by atoms with Crippen LogP contribution in [0.2, 0.25) is 0 Å². The second-order valence-corrected chi connectivity index (χ2v) is 6.87. The molecule has 1 atom stereocenters. The minimum atomic E-state index is -0.545. The van der Waals surface area contributed by atoms with E-state index < -0.39 is 10.8 Å². The second kappa shape index (κ2) is 7.05. The Morgan fingerprint density at radius 3 is 2.61 bits per heavy atom. The zero-order valence-electron chi connectivity index (χ0n) is 11.1. The van der Waals surface area contributed by atoms with E-state index in [0.29, 0.717) is 12.0 Å². The van der Waals surface area contributed by atoms with E-state index in [2.05, 4.69) is 42.6 Å². The SMILES string of the molecule is CC(CCNC1CCS(=O)CC1)c1ccccc1. The molecule has 0 saturated carbocycles. The van der Waals surface area contributed by atoms with E-state index in [-0.39, 0.29) is 0 Å². The lowest BCUT2D eigenvalue weighted by Crippen LogP contribution is -2.36. The topological polar surface area (TPSA) is 29.1 Å². The second-order valence-electron chi connectivity index (χ2n) is 5.18. The molecule has 0 spiro atoms. The van der Waals surface area contributed by atoms with Crippen LogP contribution in [0.4, 0.5) is 0 Å². The van der Waals surface area contributed by atoms with E-state index in [1.807, 2.05) is 0 Å². The average molecular weight is 265 g/mol. The molecule has 1 fully saturated rings. The third-order valence-corrected chi connectivity index (χ3v) is 5.15. The van der Waals surface area contributed by atoms with E-state index in [1.165, 1.54) is 12.0 Å². The summed E-state index contributed by atoms with van der Waals surface area (Å²) in [5.74, 6) is 2.37. The lowest BCUT2D eigenvalue weighted by atomic mass is 9.98. The first-order valence-electron chi connectivity index (χ1n) is 6.89. The van der Waals surface area contributed by atoms with E-state index >= 15 is 0 Å². The molecule has 1 heterocycles. The molecule has 0 aromatic heterocycles. The van der Waals surface area contributed by atoms with Crippen LogP contribution in [0, 0.1) is 0 Å². The molecule has 0 aliphatic carbocycles. The molecule has 1 N–H and O–H groups in total. The molecule has 1 aromatic carbocycles. The molecular weight excluding hydrogens is 242 g/mol. The van der Waals surface area contributed by atoms with Crippen molar-refractivity contribution >= 4 is 10.8 Å². The summed E-state index contributed by atoms with van der Waals surface area (Å²) < 4.78 is 11.3. The lowest BCUT2D eigenvalue weighted by molar-refractivity contribution is 0.460. The van der Waals surface area contributed by atoms with Gasteiger partial charge in [-0.25, -0.2) is 0 Å². The average Bonchev–Trinajstić information content (AvgIpc) is 2.42. The maximum absolute atomic E-state index is 11.3. The van der Waals surface area contributed by atoms with Crippen LogP contribution in [0.3, 0.4) is 0 Å². The molecule has 0 amide bonds. The van der Waals surface area contributed by atoms with Gasteiger partial charge in [-0.2, -0.15) is 0 Å². The van der Waals surface area contributed by atoms with Crippen molar-refractivity contribution < 1.29 is 4.21 Å². The molecule has 100 valence electrons. The third kappa shape index (κ3) is 4.21. The van der Waals surface area contributed by atoms with Crippen LogP contribution in [-0.4, -0.2) is 28.3 Å². The van der Waals surface area contributed by atoms with Gasteiger partial charge < -0.3 is 5.32 Å². The molecular formula is C15H23NOS. The minimum absolute atomic E-state index is 0.545. The maximum Gasteiger partial charge on any atom is 0.0249 e. The molecule has 1 aliphatic rings. The monoisotopic (exact) mass is 265 g/mol. The summed E-state index contributed by atoms with van der Waals surface area (Å²) in [5, 5.41) is 3.61. The van der Waals surface area contributed by atoms with Gasteiger partial charge in [-0.15, -0.1) is 0 Å². The van der Waals surface area contributed by atoms with E-state index in [1.54, 1.807) is 0 Å². The molecule has 0 bridgehead atoms. The Morgan fingerprint density at radius 2 is 1.94 bits per heavy atom. The summed E-state index contributed by atoms with van der Waals surface area (Å²) in [6.07, 6.45) is 3.32. The normalized spacial score (nSPS) is 25.8. The first kappa shape index (κ1) is 13.8. The lowest BCUT2D eigenvalue weighted by Gasteiger charge is -2.23. The van der Waals surface area contributed by atoms with Gasteiger partial charge >= 0.3 is 0 Å². The summed E-state index contributed by atoms with van der Waals surface area (Å²) in [6.45, 7) is 3.35. The van der Waals surface area contributed by atoms with Crippen molar-refractivity contribution in [2.75, 3.05) is 18.1 Å². The summed E-state index contributed by atoms with van der Waals surface area (Å²) >= 11 is 0. The summed E-state index contributed by atoms with van der Waals surface area (Å²) in [5.41, 5.74) is 1.42. The quantitative estimate of drug-likeness (QED) is 0.887. The number of benzene rings is 1. The van der Waals surface area contributed by atoms with Gasteiger partial charge in [0.05, 0.1) is 0 Å². The van der Waals surface area contributed by atoms with Gasteiger partial charge in [0, 0.05) is 28.3 Å². The number of nitrogens with one attached hydrogen (secondary N) is 1. The van der Waals surface area contributed by atoms with Crippen LogP contribution in [0.15, 0.2) is 30.3 Å². The molecule has 1 saturated heterocycles. The van der Waals surface area contributed by atoms with Crippen molar-refractivity contribution in [3.05, 3.63) is 35.9 Å². The van der Waals surface area contributed by atoms with Crippen LogP contribution in [-0.2, 0) is 10.8 Å². The number of hydrogen-bond acceptors (Lipinski definition) is 2. The van der Waals surface area contributed by atoms with E-state index in [4.69, 9.17) is 0 Å². The Morgan fingerprint density at radius 1 is 1.28 bits per heavy atom. The molecule has 1 aliphatic heterocycles. The molecule has 3 heteroatoms. The highest BCUT2D eigenvalue weighted by Crippen LogP contribution is 2.18. The van der Waals surface area contributed by atoms with E-state index in [0.717, 1.165) is 30.9 Å². The van der Waals surface area contributed by atoms with Gasteiger partial charge in [-0.05, 0) is 37.3 Å². The van der Waals surface area contributed by atoms with Gasteiger partial charge in [-0.3, -0.25) is 4.21 Å². The summed E-state index contributed by atoms with van der Waals surface area (Å²) in [7, 11) is -0.545. The Labute approximate surface area is 113 Å². The first-order valence-corrected chi connectivity index (χ1v) is 8.38. The Balaban J connectivity index is 1.68. The van der Waals surface area contributed by atoms with Gasteiger partial charge in [0.25, 0.3) is 0 Å². The van der Waals surface area contributed by atoms with Gasteiger partial charge in [0.2, 0.25) is 0 Å². The molecule has 2 nitrogen and oxygen atoms in total. The Kier molecular flexibility index (Phi) is 5.39. The van der Waals surface area contributed by atoms with Crippen molar-refractivity contribution in [2.24, 2.45) is 0 Å². The van der Waals surface area contributed by atoms with Crippen LogP contribution >= 0.6 is 0 Å². The highest BCUT2D eigenvalue weighted by molar-refractivity contribution is 7.85. The van der Waals surface area contributed by atoms with Crippen LogP contribution < -0.4 is 5.32 Å². The largest absolute Gasteiger partial charge is 0.314 e. The number of rotatable bonds is 5. The van der Waals surface area contributed by atoms with Gasteiger partial charge in [0.15, 0.2) is 0 Å². The zero-order valence-corrected chi connectivity index (χ0v) is 11.9.